The number of carbonyl (C=O) groups is 1. The van der Waals surface area contributed by atoms with E-state index < -0.39 is 0 Å². The number of hydrogen-bond donors (Lipinski definition) is 2. The molecule has 0 radical (unpaired) electrons. The molecule has 5 rings (SSSR count). The van der Waals surface area contributed by atoms with Crippen molar-refractivity contribution in [3.8, 4) is 28.7 Å². The number of amides is 1. The van der Waals surface area contributed by atoms with Gasteiger partial charge in [0.2, 0.25) is 0 Å². The maximum absolute atomic E-state index is 13.5. The number of aromatic nitrogens is 3. The van der Waals surface area contributed by atoms with Crippen molar-refractivity contribution in [1.82, 2.24) is 19.9 Å². The van der Waals surface area contributed by atoms with E-state index in [9.17, 15) is 4.79 Å². The summed E-state index contributed by atoms with van der Waals surface area (Å²) in [6.45, 7) is 0.373. The van der Waals surface area contributed by atoms with Crippen LogP contribution in [-0.2, 0) is 6.42 Å². The summed E-state index contributed by atoms with van der Waals surface area (Å²) in [6.07, 6.45) is 0.578. The molecule has 5 aromatic rings. The molecule has 0 atom stereocenters. The van der Waals surface area contributed by atoms with Gasteiger partial charge in [-0.05, 0) is 48.4 Å². The molecule has 3 aromatic carbocycles. The number of ether oxygens (including phenoxy) is 4. The fourth-order valence-corrected chi connectivity index (χ4v) is 4.56. The lowest BCUT2D eigenvalue weighted by Crippen LogP contribution is -2.26. The van der Waals surface area contributed by atoms with E-state index >= 15 is 0 Å². The molecule has 39 heavy (non-hydrogen) atoms. The van der Waals surface area contributed by atoms with Crippen molar-refractivity contribution in [1.29, 1.82) is 0 Å². The molecule has 0 fully saturated rings. The average Bonchev–Trinajstić information content (AvgIpc) is 3.25. The van der Waals surface area contributed by atoms with Crippen molar-refractivity contribution >= 4 is 33.9 Å². The number of rotatable bonds is 9. The predicted molar refractivity (Wildman–Crippen MR) is 149 cm³/mol. The fourth-order valence-electron chi connectivity index (χ4n) is 4.56. The third-order valence-corrected chi connectivity index (χ3v) is 6.50. The third-order valence-electron chi connectivity index (χ3n) is 6.50. The van der Waals surface area contributed by atoms with Crippen molar-refractivity contribution in [2.24, 2.45) is 0 Å². The van der Waals surface area contributed by atoms with E-state index in [1.165, 1.54) is 0 Å². The van der Waals surface area contributed by atoms with E-state index in [-0.39, 0.29) is 17.3 Å². The van der Waals surface area contributed by atoms with Crippen LogP contribution in [0.2, 0.25) is 0 Å². The largest absolute Gasteiger partial charge is 0.493 e. The molecule has 2 heterocycles. The SMILES string of the molecule is COc1ccc(CCNC(=O)c2c(N)n(-c3ccc(OC)c(OC)c3)c3nc4ccccc4nc23)cc1OC. The van der Waals surface area contributed by atoms with Gasteiger partial charge in [-0.1, -0.05) is 18.2 Å². The summed E-state index contributed by atoms with van der Waals surface area (Å²) in [5.74, 6) is 2.24. The second kappa shape index (κ2) is 10.8. The van der Waals surface area contributed by atoms with Gasteiger partial charge in [0.1, 0.15) is 16.9 Å². The van der Waals surface area contributed by atoms with Gasteiger partial charge in [0.25, 0.3) is 5.91 Å². The van der Waals surface area contributed by atoms with E-state index in [1.54, 1.807) is 45.1 Å². The number of hydrogen-bond acceptors (Lipinski definition) is 8. The number of para-hydroxylation sites is 2. The first kappa shape index (κ1) is 25.7. The second-order valence-electron chi connectivity index (χ2n) is 8.71. The highest BCUT2D eigenvalue weighted by Gasteiger charge is 2.25. The lowest BCUT2D eigenvalue weighted by molar-refractivity contribution is 0.0956. The number of carbonyl (C=O) groups excluding carboxylic acids is 1. The maximum atomic E-state index is 13.5. The minimum absolute atomic E-state index is 0.219. The minimum Gasteiger partial charge on any atom is -0.493 e. The lowest BCUT2D eigenvalue weighted by Gasteiger charge is -2.12. The Morgan fingerprint density at radius 1 is 0.821 bits per heavy atom. The predicted octanol–water partition coefficient (Wildman–Crippen LogP) is 4.16. The minimum atomic E-state index is -0.346. The summed E-state index contributed by atoms with van der Waals surface area (Å²) in [5, 5.41) is 2.98. The zero-order valence-electron chi connectivity index (χ0n) is 22.1. The Labute approximate surface area is 225 Å². The topological polar surface area (TPSA) is 123 Å². The van der Waals surface area contributed by atoms with Gasteiger partial charge in [-0.15, -0.1) is 0 Å². The molecule has 3 N–H and O–H groups in total. The Hall–Kier alpha value is -4.99. The Morgan fingerprint density at radius 2 is 1.44 bits per heavy atom. The normalized spacial score (nSPS) is 11.0. The van der Waals surface area contributed by atoms with Gasteiger partial charge in [-0.3, -0.25) is 9.36 Å². The van der Waals surface area contributed by atoms with E-state index in [0.29, 0.717) is 63.8 Å². The van der Waals surface area contributed by atoms with Crippen LogP contribution in [0.1, 0.15) is 15.9 Å². The number of nitrogen functional groups attached to an aromatic ring is 1. The molecule has 0 aliphatic heterocycles. The quantitative estimate of drug-likeness (QED) is 0.293. The number of methoxy groups -OCH3 is 4. The Balaban J connectivity index is 1.53. The van der Waals surface area contributed by atoms with Gasteiger partial charge in [0.15, 0.2) is 28.6 Å². The van der Waals surface area contributed by atoms with Crippen molar-refractivity contribution < 1.29 is 23.7 Å². The number of nitrogens with two attached hydrogens (primary N) is 1. The van der Waals surface area contributed by atoms with Gasteiger partial charge in [0.05, 0.1) is 45.2 Å². The third kappa shape index (κ3) is 4.72. The molecule has 1 amide bonds. The molecule has 2 aromatic heterocycles. The van der Waals surface area contributed by atoms with Crippen molar-refractivity contribution in [2.45, 2.75) is 6.42 Å². The van der Waals surface area contributed by atoms with Crippen LogP contribution in [0, 0.1) is 0 Å². The van der Waals surface area contributed by atoms with Crippen molar-refractivity contribution in [2.75, 3.05) is 40.7 Å². The molecule has 200 valence electrons. The first-order valence-corrected chi connectivity index (χ1v) is 12.3. The zero-order valence-corrected chi connectivity index (χ0v) is 22.1. The monoisotopic (exact) mass is 527 g/mol. The van der Waals surface area contributed by atoms with E-state index in [1.807, 2.05) is 48.5 Å². The second-order valence-corrected chi connectivity index (χ2v) is 8.71. The standard InChI is InChI=1S/C29H29N5O5/c1-36-21-11-9-17(15-23(21)38-3)13-14-31-29(35)25-26-28(33-20-8-6-5-7-19(20)32-26)34(27(25)30)18-10-12-22(37-2)24(16-18)39-4/h5-12,15-16H,13-14,30H2,1-4H3,(H,31,35). The maximum Gasteiger partial charge on any atom is 0.257 e. The van der Waals surface area contributed by atoms with Gasteiger partial charge in [-0.2, -0.15) is 0 Å². The van der Waals surface area contributed by atoms with E-state index in [0.717, 1.165) is 5.56 Å². The van der Waals surface area contributed by atoms with Crippen LogP contribution in [0.25, 0.3) is 27.9 Å². The van der Waals surface area contributed by atoms with Crippen LogP contribution in [-0.4, -0.2) is 55.4 Å². The van der Waals surface area contributed by atoms with Crippen LogP contribution in [0.3, 0.4) is 0 Å². The van der Waals surface area contributed by atoms with Gasteiger partial charge < -0.3 is 30.0 Å². The Morgan fingerprint density at radius 3 is 2.10 bits per heavy atom. The zero-order chi connectivity index (χ0) is 27.5. The van der Waals surface area contributed by atoms with Crippen molar-refractivity contribution in [3.63, 3.8) is 0 Å². The van der Waals surface area contributed by atoms with Crippen LogP contribution in [0.15, 0.2) is 60.7 Å². The highest BCUT2D eigenvalue weighted by molar-refractivity contribution is 6.11. The summed E-state index contributed by atoms with van der Waals surface area (Å²) in [6, 6.07) is 18.5. The van der Waals surface area contributed by atoms with Gasteiger partial charge in [0, 0.05) is 12.6 Å². The Bertz CT molecular complexity index is 1680. The van der Waals surface area contributed by atoms with Gasteiger partial charge >= 0.3 is 0 Å². The lowest BCUT2D eigenvalue weighted by atomic mass is 10.1. The van der Waals surface area contributed by atoms with Crippen LogP contribution in [0.5, 0.6) is 23.0 Å². The molecular weight excluding hydrogens is 498 g/mol. The van der Waals surface area contributed by atoms with Crippen molar-refractivity contribution in [3.05, 3.63) is 71.8 Å². The van der Waals surface area contributed by atoms with E-state index in [4.69, 9.17) is 34.6 Å². The highest BCUT2D eigenvalue weighted by Crippen LogP contribution is 2.35. The number of fused-ring (bicyclic) bond motifs is 2. The number of benzene rings is 3. The smallest absolute Gasteiger partial charge is 0.257 e. The summed E-state index contributed by atoms with van der Waals surface area (Å²) in [5.41, 5.74) is 10.8. The molecule has 10 nitrogen and oxygen atoms in total. The number of anilines is 1. The van der Waals surface area contributed by atoms with E-state index in [2.05, 4.69) is 5.32 Å². The summed E-state index contributed by atoms with van der Waals surface area (Å²) in [4.78, 5) is 23.1. The summed E-state index contributed by atoms with van der Waals surface area (Å²) >= 11 is 0. The summed E-state index contributed by atoms with van der Waals surface area (Å²) in [7, 11) is 6.31. The van der Waals surface area contributed by atoms with Gasteiger partial charge in [-0.25, -0.2) is 9.97 Å². The number of nitrogens with zero attached hydrogens (tertiary/aromatic N) is 3. The highest BCUT2D eigenvalue weighted by atomic mass is 16.5. The molecule has 0 saturated heterocycles. The Kier molecular flexibility index (Phi) is 7.09. The molecule has 10 heteroatoms. The molecule has 0 bridgehead atoms. The van der Waals surface area contributed by atoms with Crippen LogP contribution in [0.4, 0.5) is 5.82 Å². The average molecular weight is 528 g/mol. The van der Waals surface area contributed by atoms with Crippen LogP contribution < -0.4 is 30.0 Å². The summed E-state index contributed by atoms with van der Waals surface area (Å²) < 4.78 is 23.3. The first-order valence-electron chi connectivity index (χ1n) is 12.3. The molecule has 0 unspecified atom stereocenters. The molecule has 0 spiro atoms. The first-order chi connectivity index (χ1) is 19.0. The number of nitrogens with one attached hydrogen (secondary N) is 1. The fraction of sp³-hybridized carbons (Fsp3) is 0.207. The molecule has 0 aliphatic rings. The molecule has 0 saturated carbocycles. The molecule has 0 aliphatic carbocycles. The molecular formula is C29H29N5O5. The van der Waals surface area contributed by atoms with Crippen LogP contribution >= 0.6 is 0 Å².